The minimum atomic E-state index is -4.42. The Balaban J connectivity index is 1.38. The number of piperidine rings is 1. The van der Waals surface area contributed by atoms with Crippen LogP contribution in [0, 0.1) is 11.3 Å². The first-order chi connectivity index (χ1) is 25.2. The van der Waals surface area contributed by atoms with E-state index in [1.807, 2.05) is 6.07 Å². The lowest BCUT2D eigenvalue weighted by Crippen LogP contribution is -2.51. The number of hydrogen-bond acceptors (Lipinski definition) is 10. The molecule has 2 unspecified atom stereocenters. The summed E-state index contributed by atoms with van der Waals surface area (Å²) in [5, 5.41) is 14.8. The van der Waals surface area contributed by atoms with Gasteiger partial charge in [0, 0.05) is 50.6 Å². The molecule has 0 aliphatic carbocycles. The van der Waals surface area contributed by atoms with Crippen LogP contribution in [0.3, 0.4) is 0 Å². The molecule has 0 radical (unpaired) electrons. The van der Waals surface area contributed by atoms with Crippen LogP contribution in [0.15, 0.2) is 65.8 Å². The summed E-state index contributed by atoms with van der Waals surface area (Å²) in [5.41, 5.74) is 1.01. The third kappa shape index (κ3) is 9.85. The number of likely N-dealkylation sites (tertiary alicyclic amines) is 1. The number of ether oxygens (including phenoxy) is 2. The number of carbonyl (C=O) groups excluding carboxylic acids is 3. The number of amides is 2. The van der Waals surface area contributed by atoms with Gasteiger partial charge >= 0.3 is 5.97 Å². The monoisotopic (exact) mass is 792 g/mol. The zero-order valence-corrected chi connectivity index (χ0v) is 30.8. The van der Waals surface area contributed by atoms with E-state index in [0.717, 1.165) is 4.31 Å². The molecule has 2 amide bonds. The molecular weight excluding hydrogens is 757 g/mol. The van der Waals surface area contributed by atoms with Gasteiger partial charge in [-0.25, -0.2) is 22.0 Å². The van der Waals surface area contributed by atoms with Crippen LogP contribution in [0.5, 0.6) is 0 Å². The number of hydrogen-bond donors (Lipinski definition) is 2. The second-order valence-corrected chi connectivity index (χ2v) is 15.3. The molecule has 282 valence electrons. The zero-order valence-electron chi connectivity index (χ0n) is 28.4. The van der Waals surface area contributed by atoms with E-state index in [0.29, 0.717) is 17.8 Å². The molecule has 18 heteroatoms. The largest absolute Gasteiger partial charge is 0.462 e. The molecule has 2 aliphatic rings. The average Bonchev–Trinajstić information content (AvgIpc) is 3.59. The van der Waals surface area contributed by atoms with Gasteiger partial charge in [0.15, 0.2) is 0 Å². The molecule has 2 aliphatic heterocycles. The van der Waals surface area contributed by atoms with Crippen LogP contribution < -0.4 is 10.6 Å². The van der Waals surface area contributed by atoms with Crippen molar-refractivity contribution in [1.82, 2.24) is 19.5 Å². The SMILES string of the molecule is COCCOC(=O)[C@H](Cc1ccc(NC(=O)c2c(Cl)cncc2Cl)cc1)NC(=O)C1CC(N2CCCC(F)(F)C2)CN1S(=O)(=O)c1cccc(C#N)c1. The third-order valence-electron chi connectivity index (χ3n) is 8.91. The zero-order chi connectivity index (χ0) is 38.3. The van der Waals surface area contributed by atoms with E-state index in [4.69, 9.17) is 32.7 Å². The number of nitrogens with one attached hydrogen (secondary N) is 2. The van der Waals surface area contributed by atoms with Crippen molar-refractivity contribution < 1.29 is 41.1 Å². The maximum atomic E-state index is 14.5. The second-order valence-electron chi connectivity index (χ2n) is 12.6. The Kier molecular flexibility index (Phi) is 13.0. The number of rotatable bonds is 13. The summed E-state index contributed by atoms with van der Waals surface area (Å²) < 4.78 is 68.2. The number of alkyl halides is 2. The average molecular weight is 794 g/mol. The van der Waals surface area contributed by atoms with Crippen LogP contribution in [0.1, 0.15) is 40.7 Å². The lowest BCUT2D eigenvalue weighted by Gasteiger charge is -2.36. The predicted molar refractivity (Wildman–Crippen MR) is 190 cm³/mol. The normalized spacial score (nSPS) is 19.5. The highest BCUT2D eigenvalue weighted by molar-refractivity contribution is 7.89. The van der Waals surface area contributed by atoms with Crippen molar-refractivity contribution in [2.24, 2.45) is 0 Å². The van der Waals surface area contributed by atoms with Gasteiger partial charge in [0.2, 0.25) is 15.9 Å². The molecule has 0 saturated carbocycles. The van der Waals surface area contributed by atoms with Crippen molar-refractivity contribution in [2.45, 2.75) is 54.6 Å². The highest BCUT2D eigenvalue weighted by Crippen LogP contribution is 2.34. The lowest BCUT2D eigenvalue weighted by atomic mass is 10.0. The molecule has 0 bridgehead atoms. The van der Waals surface area contributed by atoms with Crippen LogP contribution in [0.25, 0.3) is 0 Å². The van der Waals surface area contributed by atoms with Gasteiger partial charge in [-0.15, -0.1) is 0 Å². The minimum Gasteiger partial charge on any atom is -0.462 e. The second kappa shape index (κ2) is 17.3. The molecule has 2 N–H and O–H groups in total. The molecule has 53 heavy (non-hydrogen) atoms. The van der Waals surface area contributed by atoms with Crippen LogP contribution in [-0.4, -0.2) is 104 Å². The van der Waals surface area contributed by atoms with Gasteiger partial charge in [0.1, 0.15) is 18.7 Å². The summed E-state index contributed by atoms with van der Waals surface area (Å²) in [6, 6.07) is 10.1. The maximum Gasteiger partial charge on any atom is 0.329 e. The Morgan fingerprint density at radius 2 is 1.83 bits per heavy atom. The lowest BCUT2D eigenvalue weighted by molar-refractivity contribution is -0.149. The summed E-state index contributed by atoms with van der Waals surface area (Å²) in [5.74, 6) is -5.21. The van der Waals surface area contributed by atoms with Crippen molar-refractivity contribution in [3.05, 3.63) is 87.7 Å². The first-order valence-electron chi connectivity index (χ1n) is 16.5. The standard InChI is InChI=1S/C35H36Cl2F2N6O7S/c1-51-12-13-52-34(48)29(15-22-6-8-24(9-7-22)42-33(47)31-27(36)18-41-19-28(31)37)43-32(46)30-16-25(44-11-3-10-35(38,39)21-44)20-45(30)53(49,50)26-5-2-4-23(14-26)17-40/h2,4-9,14,18-19,25,29-30H,3,10-13,15-16,20-21H2,1H3,(H,42,47)(H,43,46)/t25?,29-,30?/m0/s1. The number of anilines is 1. The highest BCUT2D eigenvalue weighted by Gasteiger charge is 2.48. The Morgan fingerprint density at radius 1 is 1.11 bits per heavy atom. The van der Waals surface area contributed by atoms with Gasteiger partial charge in [-0.1, -0.05) is 41.4 Å². The summed E-state index contributed by atoms with van der Waals surface area (Å²) in [6.45, 7) is -0.612. The number of aromatic nitrogens is 1. The fourth-order valence-electron chi connectivity index (χ4n) is 6.29. The molecule has 3 aromatic rings. The number of carbonyl (C=O) groups is 3. The van der Waals surface area contributed by atoms with E-state index >= 15 is 0 Å². The Labute approximate surface area is 315 Å². The number of halogens is 4. The highest BCUT2D eigenvalue weighted by atomic mass is 35.5. The van der Waals surface area contributed by atoms with E-state index in [1.165, 1.54) is 48.7 Å². The summed E-state index contributed by atoms with van der Waals surface area (Å²) in [6.07, 6.45) is 2.25. The van der Waals surface area contributed by atoms with E-state index < -0.39 is 58.4 Å². The van der Waals surface area contributed by atoms with Gasteiger partial charge in [0.25, 0.3) is 11.8 Å². The van der Waals surface area contributed by atoms with Crippen LogP contribution in [0.4, 0.5) is 14.5 Å². The predicted octanol–water partition coefficient (Wildman–Crippen LogP) is 4.29. The quantitative estimate of drug-likeness (QED) is 0.188. The van der Waals surface area contributed by atoms with Gasteiger partial charge in [-0.3, -0.25) is 19.5 Å². The van der Waals surface area contributed by atoms with Gasteiger partial charge in [-0.2, -0.15) is 9.57 Å². The molecule has 2 saturated heterocycles. The summed E-state index contributed by atoms with van der Waals surface area (Å²) in [7, 11) is -3.00. The van der Waals surface area contributed by atoms with Crippen molar-refractivity contribution in [1.29, 1.82) is 5.26 Å². The fraction of sp³-hybridized carbons (Fsp3) is 0.400. The molecule has 2 fully saturated rings. The van der Waals surface area contributed by atoms with Crippen molar-refractivity contribution >= 4 is 56.7 Å². The van der Waals surface area contributed by atoms with Crippen LogP contribution in [0.2, 0.25) is 10.0 Å². The van der Waals surface area contributed by atoms with Gasteiger partial charge < -0.3 is 20.1 Å². The third-order valence-corrected chi connectivity index (χ3v) is 11.4. The number of nitrogens with zero attached hydrogens (tertiary/aromatic N) is 4. The molecule has 3 atom stereocenters. The Morgan fingerprint density at radius 3 is 2.49 bits per heavy atom. The van der Waals surface area contributed by atoms with Crippen molar-refractivity contribution in [2.75, 3.05) is 45.3 Å². The van der Waals surface area contributed by atoms with Crippen molar-refractivity contribution in [3.8, 4) is 6.07 Å². The van der Waals surface area contributed by atoms with Crippen LogP contribution >= 0.6 is 23.2 Å². The fourth-order valence-corrected chi connectivity index (χ4v) is 8.51. The number of sulfonamides is 1. The number of esters is 1. The topological polar surface area (TPSA) is 171 Å². The van der Waals surface area contributed by atoms with Gasteiger partial charge in [0.05, 0.1) is 45.3 Å². The first-order valence-corrected chi connectivity index (χ1v) is 18.7. The minimum absolute atomic E-state index is 0.0333. The van der Waals surface area contributed by atoms with Crippen LogP contribution in [-0.2, 0) is 35.5 Å². The molecule has 13 nitrogen and oxygen atoms in total. The smallest absolute Gasteiger partial charge is 0.329 e. The Hall–Kier alpha value is -4.24. The molecule has 0 spiro atoms. The summed E-state index contributed by atoms with van der Waals surface area (Å²) >= 11 is 12.2. The Bertz CT molecular complexity index is 1960. The number of methoxy groups -OCH3 is 1. The molecular formula is C35H36Cl2F2N6O7S. The number of benzene rings is 2. The van der Waals surface area contributed by atoms with Crippen molar-refractivity contribution in [3.63, 3.8) is 0 Å². The molecule has 5 rings (SSSR count). The maximum absolute atomic E-state index is 14.5. The summed E-state index contributed by atoms with van der Waals surface area (Å²) in [4.78, 5) is 45.3. The van der Waals surface area contributed by atoms with E-state index in [1.54, 1.807) is 24.3 Å². The molecule has 1 aromatic heterocycles. The molecule has 3 heterocycles. The number of nitriles is 1. The van der Waals surface area contributed by atoms with E-state index in [2.05, 4.69) is 15.6 Å². The van der Waals surface area contributed by atoms with Gasteiger partial charge in [-0.05, 0) is 55.3 Å². The first kappa shape index (κ1) is 40.0. The number of pyridine rings is 1. The van der Waals surface area contributed by atoms with E-state index in [9.17, 15) is 36.8 Å². The van der Waals surface area contributed by atoms with E-state index in [-0.39, 0.29) is 71.5 Å². The molecule has 2 aromatic carbocycles.